The van der Waals surface area contributed by atoms with Gasteiger partial charge >= 0.3 is 0 Å². The van der Waals surface area contributed by atoms with Gasteiger partial charge in [0.15, 0.2) is 0 Å². The van der Waals surface area contributed by atoms with Gasteiger partial charge in [-0.2, -0.15) is 5.10 Å². The van der Waals surface area contributed by atoms with Gasteiger partial charge in [-0.1, -0.05) is 0 Å². The van der Waals surface area contributed by atoms with Gasteiger partial charge in [0.05, 0.1) is 6.20 Å². The van der Waals surface area contributed by atoms with Crippen LogP contribution in [-0.2, 0) is 7.05 Å². The standard InChI is InChI=1S/C8H9N3/c1-6-3-7-5-11(2)10-8(7)4-9-6/h3-5H,1-2H3. The second-order valence-electron chi connectivity index (χ2n) is 2.69. The Labute approximate surface area is 64.7 Å². The zero-order valence-electron chi connectivity index (χ0n) is 6.57. The zero-order chi connectivity index (χ0) is 7.84. The van der Waals surface area contributed by atoms with E-state index in [1.165, 1.54) is 0 Å². The fraction of sp³-hybridized carbons (Fsp3) is 0.250. The molecule has 0 bridgehead atoms. The lowest BCUT2D eigenvalue weighted by molar-refractivity contribution is 0.779. The van der Waals surface area contributed by atoms with E-state index in [2.05, 4.69) is 10.1 Å². The van der Waals surface area contributed by atoms with Crippen molar-refractivity contribution in [1.82, 2.24) is 14.8 Å². The topological polar surface area (TPSA) is 30.7 Å². The van der Waals surface area contributed by atoms with Gasteiger partial charge < -0.3 is 0 Å². The monoisotopic (exact) mass is 147 g/mol. The molecule has 3 heteroatoms. The van der Waals surface area contributed by atoms with Crippen LogP contribution in [0.2, 0.25) is 0 Å². The molecule has 56 valence electrons. The first-order chi connectivity index (χ1) is 5.25. The largest absolute Gasteiger partial charge is 0.275 e. The highest BCUT2D eigenvalue weighted by molar-refractivity contribution is 5.77. The van der Waals surface area contributed by atoms with E-state index in [9.17, 15) is 0 Å². The lowest BCUT2D eigenvalue weighted by Gasteiger charge is -1.87. The number of aromatic nitrogens is 3. The molecule has 0 spiro atoms. The highest BCUT2D eigenvalue weighted by Gasteiger charge is 1.97. The Hall–Kier alpha value is -1.38. The van der Waals surface area contributed by atoms with Crippen molar-refractivity contribution in [2.75, 3.05) is 0 Å². The summed E-state index contributed by atoms with van der Waals surface area (Å²) in [5, 5.41) is 5.36. The lowest BCUT2D eigenvalue weighted by Crippen LogP contribution is -1.84. The Balaban J connectivity index is 2.82. The molecule has 0 aliphatic heterocycles. The zero-order valence-corrected chi connectivity index (χ0v) is 6.57. The summed E-state index contributed by atoms with van der Waals surface area (Å²) in [7, 11) is 1.91. The van der Waals surface area contributed by atoms with Crippen molar-refractivity contribution in [3.63, 3.8) is 0 Å². The van der Waals surface area contributed by atoms with Crippen LogP contribution < -0.4 is 0 Å². The van der Waals surface area contributed by atoms with Crippen LogP contribution in [0.15, 0.2) is 18.5 Å². The summed E-state index contributed by atoms with van der Waals surface area (Å²) < 4.78 is 1.80. The number of hydrogen-bond acceptors (Lipinski definition) is 2. The Bertz CT molecular complexity index is 389. The van der Waals surface area contributed by atoms with Crippen LogP contribution in [0.4, 0.5) is 0 Å². The van der Waals surface area contributed by atoms with E-state index in [1.54, 1.807) is 10.9 Å². The summed E-state index contributed by atoms with van der Waals surface area (Å²) in [6, 6.07) is 2.03. The first-order valence-electron chi connectivity index (χ1n) is 3.52. The average Bonchev–Trinajstić information content (AvgIpc) is 2.27. The van der Waals surface area contributed by atoms with E-state index < -0.39 is 0 Å². The summed E-state index contributed by atoms with van der Waals surface area (Å²) in [6.45, 7) is 1.98. The Morgan fingerprint density at radius 2 is 2.27 bits per heavy atom. The summed E-state index contributed by atoms with van der Waals surface area (Å²) in [5.41, 5.74) is 1.99. The maximum atomic E-state index is 4.21. The van der Waals surface area contributed by atoms with Crippen molar-refractivity contribution in [3.05, 3.63) is 24.2 Å². The molecule has 2 rings (SSSR count). The van der Waals surface area contributed by atoms with Gasteiger partial charge in [-0.3, -0.25) is 9.67 Å². The molecular formula is C8H9N3. The minimum Gasteiger partial charge on any atom is -0.275 e. The first kappa shape index (κ1) is 6.34. The van der Waals surface area contributed by atoms with Crippen LogP contribution in [0.3, 0.4) is 0 Å². The quantitative estimate of drug-likeness (QED) is 0.562. The van der Waals surface area contributed by atoms with E-state index >= 15 is 0 Å². The first-order valence-corrected chi connectivity index (χ1v) is 3.52. The molecule has 0 atom stereocenters. The summed E-state index contributed by atoms with van der Waals surface area (Å²) in [6.07, 6.45) is 3.79. The second-order valence-corrected chi connectivity index (χ2v) is 2.69. The molecule has 0 unspecified atom stereocenters. The predicted molar refractivity (Wildman–Crippen MR) is 43.2 cm³/mol. The van der Waals surface area contributed by atoms with Crippen LogP contribution in [0, 0.1) is 6.92 Å². The van der Waals surface area contributed by atoms with Crippen LogP contribution in [0.25, 0.3) is 10.9 Å². The smallest absolute Gasteiger partial charge is 0.111 e. The van der Waals surface area contributed by atoms with Crippen molar-refractivity contribution < 1.29 is 0 Å². The SMILES string of the molecule is Cc1cc2cn(C)nc2cn1. The minimum absolute atomic E-state index is 0.957. The van der Waals surface area contributed by atoms with Gasteiger partial charge in [-0.05, 0) is 13.0 Å². The van der Waals surface area contributed by atoms with Gasteiger partial charge in [0.25, 0.3) is 0 Å². The molecular weight excluding hydrogens is 138 g/mol. The fourth-order valence-electron chi connectivity index (χ4n) is 1.16. The molecule has 11 heavy (non-hydrogen) atoms. The number of pyridine rings is 1. The number of nitrogens with zero attached hydrogens (tertiary/aromatic N) is 3. The molecule has 0 saturated carbocycles. The molecule has 2 aromatic heterocycles. The molecule has 0 radical (unpaired) electrons. The van der Waals surface area contributed by atoms with Crippen molar-refractivity contribution in [1.29, 1.82) is 0 Å². The summed E-state index contributed by atoms with van der Waals surface area (Å²) >= 11 is 0. The number of aryl methyl sites for hydroxylation is 2. The van der Waals surface area contributed by atoms with Crippen LogP contribution >= 0.6 is 0 Å². The predicted octanol–water partition coefficient (Wildman–Crippen LogP) is 1.28. The van der Waals surface area contributed by atoms with E-state index in [-0.39, 0.29) is 0 Å². The highest BCUT2D eigenvalue weighted by atomic mass is 15.2. The van der Waals surface area contributed by atoms with Gasteiger partial charge in [0.1, 0.15) is 5.52 Å². The van der Waals surface area contributed by atoms with Crippen molar-refractivity contribution in [2.45, 2.75) is 6.92 Å². The molecule has 3 nitrogen and oxygen atoms in total. The lowest BCUT2D eigenvalue weighted by atomic mass is 10.3. The summed E-state index contributed by atoms with van der Waals surface area (Å²) in [5.74, 6) is 0. The molecule has 0 amide bonds. The van der Waals surface area contributed by atoms with Gasteiger partial charge in [-0.15, -0.1) is 0 Å². The van der Waals surface area contributed by atoms with Gasteiger partial charge in [0.2, 0.25) is 0 Å². The Morgan fingerprint density at radius 3 is 3.09 bits per heavy atom. The highest BCUT2D eigenvalue weighted by Crippen LogP contribution is 2.10. The molecule has 0 aliphatic carbocycles. The molecule has 0 fully saturated rings. The third-order valence-corrected chi connectivity index (χ3v) is 1.64. The molecule has 0 aliphatic rings. The van der Waals surface area contributed by atoms with Gasteiger partial charge in [-0.25, -0.2) is 0 Å². The molecule has 2 heterocycles. The molecule has 0 saturated heterocycles. The third-order valence-electron chi connectivity index (χ3n) is 1.64. The number of rotatable bonds is 0. The maximum Gasteiger partial charge on any atom is 0.111 e. The fourth-order valence-corrected chi connectivity index (χ4v) is 1.16. The minimum atomic E-state index is 0.957. The van der Waals surface area contributed by atoms with Crippen LogP contribution in [-0.4, -0.2) is 14.8 Å². The van der Waals surface area contributed by atoms with Crippen molar-refractivity contribution in [3.8, 4) is 0 Å². The van der Waals surface area contributed by atoms with Crippen LogP contribution in [0.5, 0.6) is 0 Å². The van der Waals surface area contributed by atoms with E-state index in [1.807, 2.05) is 26.2 Å². The number of hydrogen-bond donors (Lipinski definition) is 0. The van der Waals surface area contributed by atoms with E-state index in [4.69, 9.17) is 0 Å². The van der Waals surface area contributed by atoms with Crippen LogP contribution in [0.1, 0.15) is 5.69 Å². The molecule has 0 aromatic carbocycles. The Morgan fingerprint density at radius 1 is 1.45 bits per heavy atom. The third kappa shape index (κ3) is 0.981. The normalized spacial score (nSPS) is 10.7. The molecule has 2 aromatic rings. The van der Waals surface area contributed by atoms with Crippen molar-refractivity contribution >= 4 is 10.9 Å². The van der Waals surface area contributed by atoms with E-state index in [0.717, 1.165) is 16.6 Å². The summed E-state index contributed by atoms with van der Waals surface area (Å²) in [4.78, 5) is 4.14. The molecule has 0 N–H and O–H groups in total. The second kappa shape index (κ2) is 2.05. The maximum absolute atomic E-state index is 4.21. The van der Waals surface area contributed by atoms with Crippen molar-refractivity contribution in [2.24, 2.45) is 7.05 Å². The number of fused-ring (bicyclic) bond motifs is 1. The van der Waals surface area contributed by atoms with E-state index in [0.29, 0.717) is 0 Å². The van der Waals surface area contributed by atoms with Gasteiger partial charge in [0, 0.05) is 24.3 Å². The Kier molecular flexibility index (Phi) is 1.18. The average molecular weight is 147 g/mol.